The van der Waals surface area contributed by atoms with E-state index in [-0.39, 0.29) is 0 Å². The summed E-state index contributed by atoms with van der Waals surface area (Å²) in [6, 6.07) is 0. The first-order chi connectivity index (χ1) is 9.71. The van der Waals surface area contributed by atoms with Gasteiger partial charge in [0.05, 0.1) is 0 Å². The Balaban J connectivity index is 2.47. The molecule has 0 N–H and O–H groups in total. The van der Waals surface area contributed by atoms with Crippen molar-refractivity contribution >= 4 is 0 Å². The van der Waals surface area contributed by atoms with Gasteiger partial charge in [0.15, 0.2) is 0 Å². The molecule has 21 heavy (non-hydrogen) atoms. The third kappa shape index (κ3) is 3.06. The second-order valence-corrected chi connectivity index (χ2v) is 10.0. The maximum absolute atomic E-state index is 2.56. The Morgan fingerprint density at radius 2 is 0.762 bits per heavy atom. The zero-order chi connectivity index (χ0) is 15.7. The van der Waals surface area contributed by atoms with Crippen LogP contribution in [0.15, 0.2) is 0 Å². The smallest absolute Gasteiger partial charge is 0.0144 e. The molecule has 0 heteroatoms. The van der Waals surface area contributed by atoms with Gasteiger partial charge in [0, 0.05) is 0 Å². The van der Waals surface area contributed by atoms with Crippen molar-refractivity contribution in [2.75, 3.05) is 0 Å². The van der Waals surface area contributed by atoms with Crippen molar-refractivity contribution in [2.45, 2.75) is 106 Å². The Bertz CT molecular complexity index is 279. The van der Waals surface area contributed by atoms with Crippen molar-refractivity contribution in [3.05, 3.63) is 0 Å². The first-order valence-corrected chi connectivity index (χ1v) is 9.71. The molecular weight excluding hydrogens is 252 g/mol. The Morgan fingerprint density at radius 3 is 1.00 bits per heavy atom. The van der Waals surface area contributed by atoms with E-state index in [1.165, 1.54) is 64.2 Å². The highest BCUT2D eigenvalue weighted by Crippen LogP contribution is 2.65. The fourth-order valence-corrected chi connectivity index (χ4v) is 7.02. The molecule has 0 spiro atoms. The van der Waals surface area contributed by atoms with Crippen LogP contribution in [0, 0.1) is 28.1 Å². The third-order valence-corrected chi connectivity index (χ3v) is 6.98. The highest BCUT2D eigenvalue weighted by atomic mass is 14.6. The molecule has 124 valence electrons. The topological polar surface area (TPSA) is 0 Å². The maximum atomic E-state index is 2.56. The van der Waals surface area contributed by atoms with Gasteiger partial charge in [-0.25, -0.2) is 0 Å². The molecule has 0 bridgehead atoms. The molecule has 2 rings (SSSR count). The summed E-state index contributed by atoms with van der Waals surface area (Å²) < 4.78 is 0. The minimum absolute atomic E-state index is 0.412. The van der Waals surface area contributed by atoms with Crippen LogP contribution in [0.25, 0.3) is 0 Å². The Kier molecular flexibility index (Phi) is 5.16. The lowest BCUT2D eigenvalue weighted by Crippen LogP contribution is -2.57. The molecule has 2 saturated carbocycles. The van der Waals surface area contributed by atoms with Crippen LogP contribution in [-0.4, -0.2) is 0 Å². The largest absolute Gasteiger partial charge is 0.0596 e. The first kappa shape index (κ1) is 17.4. The van der Waals surface area contributed by atoms with Crippen molar-refractivity contribution in [1.29, 1.82) is 0 Å². The van der Waals surface area contributed by atoms with Gasteiger partial charge in [-0.05, 0) is 53.8 Å². The van der Waals surface area contributed by atoms with Crippen LogP contribution in [-0.2, 0) is 0 Å². The molecule has 0 radical (unpaired) electrons. The van der Waals surface area contributed by atoms with Crippen LogP contribution in [0.5, 0.6) is 0 Å². The molecule has 0 aliphatic heterocycles. The first-order valence-electron chi connectivity index (χ1n) is 9.71. The van der Waals surface area contributed by atoms with Crippen LogP contribution in [0.4, 0.5) is 0 Å². The van der Waals surface area contributed by atoms with Crippen molar-refractivity contribution < 1.29 is 0 Å². The number of hydrogen-bond acceptors (Lipinski definition) is 0. The minimum Gasteiger partial charge on any atom is -0.0596 e. The van der Waals surface area contributed by atoms with Crippen LogP contribution < -0.4 is 0 Å². The van der Waals surface area contributed by atoms with Crippen LogP contribution >= 0.6 is 0 Å². The molecule has 0 nitrogen and oxygen atoms in total. The van der Waals surface area contributed by atoms with Gasteiger partial charge in [-0.2, -0.15) is 0 Å². The van der Waals surface area contributed by atoms with E-state index in [2.05, 4.69) is 41.5 Å². The number of hydrogen-bond donors (Lipinski definition) is 0. The van der Waals surface area contributed by atoms with E-state index < -0.39 is 0 Å². The number of rotatable bonds is 2. The predicted molar refractivity (Wildman–Crippen MR) is 94.5 cm³/mol. The summed E-state index contributed by atoms with van der Waals surface area (Å²) in [5.41, 5.74) is 1.34. The van der Waals surface area contributed by atoms with Gasteiger partial charge in [-0.3, -0.25) is 0 Å². The molecule has 0 atom stereocenters. The summed E-state index contributed by atoms with van der Waals surface area (Å²) in [6.07, 6.45) is 14.8. The van der Waals surface area contributed by atoms with E-state index in [4.69, 9.17) is 0 Å². The van der Waals surface area contributed by atoms with Gasteiger partial charge in [-0.15, -0.1) is 0 Å². The molecule has 0 saturated heterocycles. The van der Waals surface area contributed by atoms with E-state index in [1.54, 1.807) is 0 Å². The lowest BCUT2D eigenvalue weighted by Gasteiger charge is -2.64. The maximum Gasteiger partial charge on any atom is -0.0144 e. The average molecular weight is 293 g/mol. The van der Waals surface area contributed by atoms with E-state index in [0.717, 1.165) is 11.8 Å². The minimum atomic E-state index is 0.412. The summed E-state index contributed by atoms with van der Waals surface area (Å²) in [7, 11) is 0. The normalized spacial score (nSPS) is 24.3. The van der Waals surface area contributed by atoms with Gasteiger partial charge in [0.25, 0.3) is 0 Å². The third-order valence-electron chi connectivity index (χ3n) is 6.98. The monoisotopic (exact) mass is 292 g/mol. The van der Waals surface area contributed by atoms with Crippen LogP contribution in [0.1, 0.15) is 106 Å². The van der Waals surface area contributed by atoms with E-state index in [9.17, 15) is 0 Å². The highest BCUT2D eigenvalue weighted by Gasteiger charge is 2.58. The van der Waals surface area contributed by atoms with Crippen LogP contribution in [0.2, 0.25) is 0 Å². The molecule has 2 fully saturated rings. The van der Waals surface area contributed by atoms with E-state index in [1.807, 2.05) is 0 Å². The lowest BCUT2D eigenvalue weighted by molar-refractivity contribution is -0.152. The summed E-state index contributed by atoms with van der Waals surface area (Å²) in [5.74, 6) is 1.91. The van der Waals surface area contributed by atoms with E-state index in [0.29, 0.717) is 16.2 Å². The molecule has 2 aliphatic rings. The Labute approximate surface area is 134 Å². The quantitative estimate of drug-likeness (QED) is 0.503. The summed E-state index contributed by atoms with van der Waals surface area (Å²) >= 11 is 0. The fourth-order valence-electron chi connectivity index (χ4n) is 7.02. The average Bonchev–Trinajstić information content (AvgIpc) is 2.38. The Hall–Kier alpha value is 0. The van der Waals surface area contributed by atoms with Crippen molar-refractivity contribution in [3.8, 4) is 0 Å². The van der Waals surface area contributed by atoms with Crippen molar-refractivity contribution in [1.82, 2.24) is 0 Å². The van der Waals surface area contributed by atoms with Gasteiger partial charge in [0.1, 0.15) is 0 Å². The van der Waals surface area contributed by atoms with Crippen molar-refractivity contribution in [2.24, 2.45) is 28.1 Å². The molecule has 0 unspecified atom stereocenters. The van der Waals surface area contributed by atoms with Crippen LogP contribution in [0.3, 0.4) is 0 Å². The second-order valence-electron chi connectivity index (χ2n) is 10.0. The Morgan fingerprint density at radius 1 is 0.476 bits per heavy atom. The molecule has 0 heterocycles. The van der Waals surface area contributed by atoms with Gasteiger partial charge in [-0.1, -0.05) is 80.1 Å². The molecule has 0 amide bonds. The molecule has 2 aliphatic carbocycles. The fraction of sp³-hybridized carbons (Fsp3) is 1.00. The van der Waals surface area contributed by atoms with Gasteiger partial charge < -0.3 is 0 Å². The summed E-state index contributed by atoms with van der Waals surface area (Å²) in [6.45, 7) is 15.3. The predicted octanol–water partition coefficient (Wildman–Crippen LogP) is 7.23. The SMILES string of the molecule is CC(C)(C)C(C1CCCCC1)(C1CCCCC1)C(C)(C)C. The van der Waals surface area contributed by atoms with Crippen molar-refractivity contribution in [3.63, 3.8) is 0 Å². The second kappa shape index (κ2) is 6.25. The zero-order valence-electron chi connectivity index (χ0n) is 15.7. The van der Waals surface area contributed by atoms with E-state index >= 15 is 0 Å². The zero-order valence-corrected chi connectivity index (χ0v) is 15.7. The molecule has 0 aromatic carbocycles. The highest BCUT2D eigenvalue weighted by molar-refractivity contribution is 5.07. The van der Waals surface area contributed by atoms with Gasteiger partial charge in [0.2, 0.25) is 0 Å². The summed E-state index contributed by atoms with van der Waals surface area (Å²) in [4.78, 5) is 0. The lowest BCUT2D eigenvalue weighted by atomic mass is 9.41. The van der Waals surface area contributed by atoms with Gasteiger partial charge >= 0.3 is 0 Å². The molecule has 0 aromatic heterocycles. The summed E-state index contributed by atoms with van der Waals surface area (Å²) in [5, 5.41) is 0. The molecule has 0 aromatic rings. The standard InChI is InChI=1S/C21H40/c1-19(2,3)21(20(4,5)6,17-13-9-7-10-14-17)18-15-11-8-12-16-18/h17-18H,7-16H2,1-6H3. The molecular formula is C21H40.